The monoisotopic (exact) mass is 402 g/mol. The number of nitrogens with one attached hydrogen (secondary N) is 1. The highest BCUT2D eigenvalue weighted by atomic mass is 32.2. The van der Waals surface area contributed by atoms with Crippen LogP contribution >= 0.6 is 0 Å². The summed E-state index contributed by atoms with van der Waals surface area (Å²) in [4.78, 5) is 12.8. The van der Waals surface area contributed by atoms with Crippen molar-refractivity contribution in [1.29, 1.82) is 0 Å². The number of benzene rings is 2. The molecule has 1 amide bonds. The van der Waals surface area contributed by atoms with Gasteiger partial charge >= 0.3 is 0 Å². The van der Waals surface area contributed by atoms with Crippen molar-refractivity contribution in [3.63, 3.8) is 0 Å². The third-order valence-electron chi connectivity index (χ3n) is 4.89. The van der Waals surface area contributed by atoms with E-state index in [-0.39, 0.29) is 17.3 Å². The van der Waals surface area contributed by atoms with E-state index in [1.54, 1.807) is 42.5 Å². The molecule has 2 aliphatic rings. The maximum Gasteiger partial charge on any atom is 0.255 e. The molecule has 0 atom stereocenters. The zero-order chi connectivity index (χ0) is 19.6. The van der Waals surface area contributed by atoms with Gasteiger partial charge in [0.1, 0.15) is 13.2 Å². The Kier molecular flexibility index (Phi) is 5.23. The molecule has 0 spiro atoms. The first-order valence-corrected chi connectivity index (χ1v) is 10.8. The number of carbonyl (C=O) groups excluding carboxylic acids is 1. The highest BCUT2D eigenvalue weighted by molar-refractivity contribution is 7.89. The number of fused-ring (bicyclic) bond motifs is 1. The van der Waals surface area contributed by atoms with Crippen molar-refractivity contribution in [3.8, 4) is 11.5 Å². The number of sulfonamides is 1. The van der Waals surface area contributed by atoms with Crippen LogP contribution in [0.2, 0.25) is 0 Å². The first-order chi connectivity index (χ1) is 13.6. The molecule has 148 valence electrons. The molecule has 2 aromatic rings. The average Bonchev–Trinajstić information content (AvgIpc) is 3.28. The van der Waals surface area contributed by atoms with Crippen molar-refractivity contribution in [2.75, 3.05) is 26.3 Å². The largest absolute Gasteiger partial charge is 0.486 e. The molecular weight excluding hydrogens is 380 g/mol. The van der Waals surface area contributed by atoms with Crippen LogP contribution in [0.1, 0.15) is 28.8 Å². The second kappa shape index (κ2) is 7.81. The zero-order valence-electron chi connectivity index (χ0n) is 15.4. The van der Waals surface area contributed by atoms with Crippen LogP contribution < -0.4 is 14.8 Å². The maximum absolute atomic E-state index is 12.6. The lowest BCUT2D eigenvalue weighted by atomic mass is 10.1. The van der Waals surface area contributed by atoms with E-state index < -0.39 is 10.0 Å². The summed E-state index contributed by atoms with van der Waals surface area (Å²) in [6.07, 6.45) is 1.81. The predicted octanol–water partition coefficient (Wildman–Crippen LogP) is 2.17. The maximum atomic E-state index is 12.6. The molecule has 2 heterocycles. The minimum atomic E-state index is -3.42. The van der Waals surface area contributed by atoms with Gasteiger partial charge in [0, 0.05) is 19.6 Å². The van der Waals surface area contributed by atoms with Gasteiger partial charge in [0.15, 0.2) is 11.5 Å². The number of hydrogen-bond acceptors (Lipinski definition) is 5. The molecular formula is C20H22N2O5S. The SMILES string of the molecule is O=C(NCc1ccc(S(=O)(=O)N2CCCC2)cc1)c1cccc2c1OCCO2. The Hall–Kier alpha value is -2.58. The van der Waals surface area contributed by atoms with Gasteiger partial charge in [0.2, 0.25) is 10.0 Å². The topological polar surface area (TPSA) is 84.9 Å². The molecule has 0 unspecified atom stereocenters. The lowest BCUT2D eigenvalue weighted by Gasteiger charge is -2.20. The first-order valence-electron chi connectivity index (χ1n) is 9.31. The third-order valence-corrected chi connectivity index (χ3v) is 6.80. The lowest BCUT2D eigenvalue weighted by molar-refractivity contribution is 0.0939. The molecule has 7 nitrogen and oxygen atoms in total. The van der Waals surface area contributed by atoms with Crippen molar-refractivity contribution >= 4 is 15.9 Å². The summed E-state index contributed by atoms with van der Waals surface area (Å²) in [5, 5.41) is 2.84. The Morgan fingerprint density at radius 3 is 2.46 bits per heavy atom. The Labute approximate surface area is 164 Å². The summed E-state index contributed by atoms with van der Waals surface area (Å²) < 4.78 is 37.7. The van der Waals surface area contributed by atoms with Crippen LogP contribution in [0.3, 0.4) is 0 Å². The molecule has 0 bridgehead atoms. The number of para-hydroxylation sites is 1. The molecule has 2 aromatic carbocycles. The summed E-state index contributed by atoms with van der Waals surface area (Å²) >= 11 is 0. The van der Waals surface area contributed by atoms with Crippen LogP contribution in [0, 0.1) is 0 Å². The zero-order valence-corrected chi connectivity index (χ0v) is 16.2. The van der Waals surface area contributed by atoms with Gasteiger partial charge in [0.05, 0.1) is 10.5 Å². The minimum absolute atomic E-state index is 0.267. The number of carbonyl (C=O) groups is 1. The fraction of sp³-hybridized carbons (Fsp3) is 0.350. The second-order valence-corrected chi connectivity index (χ2v) is 8.71. The van der Waals surface area contributed by atoms with Crippen molar-refractivity contribution in [3.05, 3.63) is 53.6 Å². The van der Waals surface area contributed by atoms with E-state index in [0.29, 0.717) is 43.4 Å². The average molecular weight is 402 g/mol. The molecule has 1 saturated heterocycles. The van der Waals surface area contributed by atoms with Gasteiger partial charge in [-0.2, -0.15) is 4.31 Å². The molecule has 28 heavy (non-hydrogen) atoms. The van der Waals surface area contributed by atoms with Gasteiger partial charge in [-0.15, -0.1) is 0 Å². The molecule has 1 fully saturated rings. The Morgan fingerprint density at radius 2 is 1.71 bits per heavy atom. The fourth-order valence-corrected chi connectivity index (χ4v) is 4.90. The van der Waals surface area contributed by atoms with E-state index in [2.05, 4.69) is 5.32 Å². The number of rotatable bonds is 5. The molecule has 0 aliphatic carbocycles. The second-order valence-electron chi connectivity index (χ2n) is 6.77. The number of ether oxygens (including phenoxy) is 2. The van der Waals surface area contributed by atoms with E-state index in [4.69, 9.17) is 9.47 Å². The molecule has 0 saturated carbocycles. The predicted molar refractivity (Wildman–Crippen MR) is 103 cm³/mol. The van der Waals surface area contributed by atoms with Crippen molar-refractivity contribution in [2.24, 2.45) is 0 Å². The van der Waals surface area contributed by atoms with Gasteiger partial charge in [0.25, 0.3) is 5.91 Å². The molecule has 1 N–H and O–H groups in total. The summed E-state index contributed by atoms with van der Waals surface area (Å²) in [7, 11) is -3.42. The van der Waals surface area contributed by atoms with Gasteiger partial charge in [-0.1, -0.05) is 18.2 Å². The summed E-state index contributed by atoms with van der Waals surface area (Å²) in [6.45, 7) is 2.31. The molecule has 0 radical (unpaired) electrons. The van der Waals surface area contributed by atoms with Gasteiger partial charge in [-0.05, 0) is 42.7 Å². The number of amides is 1. The highest BCUT2D eigenvalue weighted by Crippen LogP contribution is 2.33. The van der Waals surface area contributed by atoms with E-state index in [9.17, 15) is 13.2 Å². The quantitative estimate of drug-likeness (QED) is 0.829. The van der Waals surface area contributed by atoms with Gasteiger partial charge in [-0.3, -0.25) is 4.79 Å². The molecule has 2 aliphatic heterocycles. The lowest BCUT2D eigenvalue weighted by Crippen LogP contribution is -2.28. The van der Waals surface area contributed by atoms with Crippen LogP contribution in [0.5, 0.6) is 11.5 Å². The van der Waals surface area contributed by atoms with Crippen molar-refractivity contribution in [2.45, 2.75) is 24.3 Å². The molecule has 8 heteroatoms. The van der Waals surface area contributed by atoms with Crippen molar-refractivity contribution in [1.82, 2.24) is 9.62 Å². The Morgan fingerprint density at radius 1 is 1.00 bits per heavy atom. The van der Waals surface area contributed by atoms with Crippen LogP contribution in [-0.2, 0) is 16.6 Å². The Balaban J connectivity index is 1.42. The van der Waals surface area contributed by atoms with E-state index >= 15 is 0 Å². The summed E-state index contributed by atoms with van der Waals surface area (Å²) in [5.74, 6) is 0.754. The molecule has 0 aromatic heterocycles. The minimum Gasteiger partial charge on any atom is -0.486 e. The van der Waals surface area contributed by atoms with Gasteiger partial charge < -0.3 is 14.8 Å². The summed E-state index contributed by atoms with van der Waals surface area (Å²) in [6, 6.07) is 11.8. The normalized spacial score (nSPS) is 16.7. The van der Waals surface area contributed by atoms with Crippen LogP contribution in [0.15, 0.2) is 47.4 Å². The summed E-state index contributed by atoms with van der Waals surface area (Å²) in [5.41, 5.74) is 1.24. The fourth-order valence-electron chi connectivity index (χ4n) is 3.39. The van der Waals surface area contributed by atoms with Crippen LogP contribution in [-0.4, -0.2) is 44.9 Å². The highest BCUT2D eigenvalue weighted by Gasteiger charge is 2.27. The number of hydrogen-bond donors (Lipinski definition) is 1. The van der Waals surface area contributed by atoms with Crippen LogP contribution in [0.4, 0.5) is 0 Å². The van der Waals surface area contributed by atoms with Crippen molar-refractivity contribution < 1.29 is 22.7 Å². The number of nitrogens with zero attached hydrogens (tertiary/aromatic N) is 1. The van der Waals surface area contributed by atoms with E-state index in [0.717, 1.165) is 18.4 Å². The smallest absolute Gasteiger partial charge is 0.255 e. The van der Waals surface area contributed by atoms with Gasteiger partial charge in [-0.25, -0.2) is 8.42 Å². The van der Waals surface area contributed by atoms with E-state index in [1.807, 2.05) is 0 Å². The molecule has 4 rings (SSSR count). The van der Waals surface area contributed by atoms with Crippen LogP contribution in [0.25, 0.3) is 0 Å². The first kappa shape index (κ1) is 18.8. The Bertz CT molecular complexity index is 967. The third kappa shape index (κ3) is 3.70. The standard InChI is InChI=1S/C20H22N2O5S/c23-20(17-4-3-5-18-19(17)27-13-12-26-18)21-14-15-6-8-16(9-7-15)28(24,25)22-10-1-2-11-22/h3-9H,1-2,10-14H2,(H,21,23). The van der Waals surface area contributed by atoms with E-state index in [1.165, 1.54) is 4.31 Å².